The summed E-state index contributed by atoms with van der Waals surface area (Å²) in [6, 6.07) is 9.38. The van der Waals surface area contributed by atoms with Crippen LogP contribution < -0.4 is 10.6 Å². The van der Waals surface area contributed by atoms with Crippen LogP contribution in [-0.2, 0) is 6.42 Å². The van der Waals surface area contributed by atoms with Crippen molar-refractivity contribution in [2.75, 3.05) is 6.54 Å². The normalized spacial score (nSPS) is 21.0. The third-order valence-electron chi connectivity index (χ3n) is 6.01. The van der Waals surface area contributed by atoms with Crippen molar-refractivity contribution < 1.29 is 0 Å². The summed E-state index contributed by atoms with van der Waals surface area (Å²) in [5.74, 6) is 1.05. The van der Waals surface area contributed by atoms with Gasteiger partial charge in [0.1, 0.15) is 0 Å². The first kappa shape index (κ1) is 23.1. The molecule has 1 aromatic rings. The van der Waals surface area contributed by atoms with Crippen molar-refractivity contribution in [2.45, 2.75) is 72.5 Å². The minimum Gasteiger partial charge on any atom is -0.381 e. The molecule has 1 fully saturated rings. The standard InChI is InChI=1S/C26H41N3/c1-10-23-13-11-12-14-24(23)20(7)28-21(8)25-15-19(6)16-29(25)22(9)26(17(2)3)27-18(4)5/h11-14,17,19-20,25-28H,4,8-10,15-16H2,1-3,5-7H3/t19-,20?,25?,26?/m1/s1. The number of hydrogen-bond acceptors (Lipinski definition) is 3. The van der Waals surface area contributed by atoms with E-state index in [2.05, 4.69) is 94.2 Å². The predicted octanol–water partition coefficient (Wildman–Crippen LogP) is 5.79. The molecule has 0 spiro atoms. The van der Waals surface area contributed by atoms with Crippen molar-refractivity contribution in [1.82, 2.24) is 15.5 Å². The lowest BCUT2D eigenvalue weighted by molar-refractivity contribution is 0.285. The maximum Gasteiger partial charge on any atom is 0.0683 e. The van der Waals surface area contributed by atoms with Gasteiger partial charge in [-0.05, 0) is 49.7 Å². The first-order valence-electron chi connectivity index (χ1n) is 11.1. The lowest BCUT2D eigenvalue weighted by Crippen LogP contribution is -2.44. The summed E-state index contributed by atoms with van der Waals surface area (Å²) in [7, 11) is 0. The second kappa shape index (κ2) is 10.0. The van der Waals surface area contributed by atoms with E-state index in [0.717, 1.165) is 36.5 Å². The van der Waals surface area contributed by atoms with Gasteiger partial charge in [-0.3, -0.25) is 0 Å². The summed E-state index contributed by atoms with van der Waals surface area (Å²) in [5, 5.41) is 7.24. The molecule has 1 saturated heterocycles. The third kappa shape index (κ3) is 5.68. The molecule has 3 unspecified atom stereocenters. The molecule has 2 N–H and O–H groups in total. The molecule has 0 bridgehead atoms. The molecule has 0 saturated carbocycles. The van der Waals surface area contributed by atoms with Gasteiger partial charge in [-0.15, -0.1) is 0 Å². The number of nitrogens with zero attached hydrogens (tertiary/aromatic N) is 1. The molecule has 3 nitrogen and oxygen atoms in total. The van der Waals surface area contributed by atoms with Crippen LogP contribution in [-0.4, -0.2) is 23.5 Å². The summed E-state index contributed by atoms with van der Waals surface area (Å²) < 4.78 is 0. The van der Waals surface area contributed by atoms with Crippen LogP contribution in [0.15, 0.2) is 61.1 Å². The van der Waals surface area contributed by atoms with Gasteiger partial charge in [0.15, 0.2) is 0 Å². The highest BCUT2D eigenvalue weighted by atomic mass is 15.2. The van der Waals surface area contributed by atoms with E-state index in [9.17, 15) is 0 Å². The number of likely N-dealkylation sites (tertiary alicyclic amines) is 1. The van der Waals surface area contributed by atoms with Crippen LogP contribution in [0.3, 0.4) is 0 Å². The summed E-state index contributed by atoms with van der Waals surface area (Å²) in [4.78, 5) is 2.46. The fraction of sp³-hybridized carbons (Fsp3) is 0.538. The number of benzene rings is 1. The van der Waals surface area contributed by atoms with E-state index >= 15 is 0 Å². The fourth-order valence-electron chi connectivity index (χ4n) is 4.50. The van der Waals surface area contributed by atoms with E-state index in [1.807, 2.05) is 6.92 Å². The number of allylic oxidation sites excluding steroid dienone is 1. The average molecular weight is 396 g/mol. The van der Waals surface area contributed by atoms with Crippen molar-refractivity contribution in [3.63, 3.8) is 0 Å². The van der Waals surface area contributed by atoms with E-state index in [1.54, 1.807) is 0 Å². The maximum atomic E-state index is 4.50. The van der Waals surface area contributed by atoms with Crippen LogP contribution in [0.1, 0.15) is 65.1 Å². The van der Waals surface area contributed by atoms with E-state index < -0.39 is 0 Å². The highest BCUT2D eigenvalue weighted by molar-refractivity contribution is 5.31. The van der Waals surface area contributed by atoms with Crippen molar-refractivity contribution >= 4 is 0 Å². The van der Waals surface area contributed by atoms with E-state index in [-0.39, 0.29) is 18.1 Å². The van der Waals surface area contributed by atoms with Crippen molar-refractivity contribution in [2.24, 2.45) is 11.8 Å². The van der Waals surface area contributed by atoms with Gasteiger partial charge in [0, 0.05) is 29.7 Å². The first-order valence-corrected chi connectivity index (χ1v) is 11.1. The molecule has 1 heterocycles. The van der Waals surface area contributed by atoms with Crippen molar-refractivity contribution in [3.05, 3.63) is 72.2 Å². The smallest absolute Gasteiger partial charge is 0.0683 e. The molecule has 29 heavy (non-hydrogen) atoms. The zero-order chi connectivity index (χ0) is 21.7. The number of aryl methyl sites for hydroxylation is 1. The molecule has 1 aliphatic rings. The Morgan fingerprint density at radius 3 is 2.38 bits per heavy atom. The molecule has 0 aromatic heterocycles. The van der Waals surface area contributed by atoms with Gasteiger partial charge < -0.3 is 15.5 Å². The van der Waals surface area contributed by atoms with Gasteiger partial charge in [0.2, 0.25) is 0 Å². The zero-order valence-corrected chi connectivity index (χ0v) is 19.4. The molecule has 1 aromatic carbocycles. The van der Waals surface area contributed by atoms with Gasteiger partial charge in [-0.25, -0.2) is 0 Å². The molecular weight excluding hydrogens is 354 g/mol. The SMILES string of the molecule is C=C(C)NC(C(=C)N1C[C@H](C)CC1C(=C)NC(C)c1ccccc1CC)C(C)C. The van der Waals surface area contributed by atoms with Crippen LogP contribution in [0.2, 0.25) is 0 Å². The lowest BCUT2D eigenvalue weighted by Gasteiger charge is -2.37. The molecule has 0 radical (unpaired) electrons. The van der Waals surface area contributed by atoms with Crippen LogP contribution in [0.25, 0.3) is 0 Å². The lowest BCUT2D eigenvalue weighted by atomic mass is 9.97. The fourth-order valence-corrected chi connectivity index (χ4v) is 4.50. The molecule has 0 aliphatic carbocycles. The van der Waals surface area contributed by atoms with Crippen LogP contribution in [0, 0.1) is 11.8 Å². The van der Waals surface area contributed by atoms with Gasteiger partial charge in [-0.2, -0.15) is 0 Å². The molecule has 1 aliphatic heterocycles. The molecule has 2 rings (SSSR count). The van der Waals surface area contributed by atoms with Crippen LogP contribution in [0.5, 0.6) is 0 Å². The Labute approximate surface area is 179 Å². The van der Waals surface area contributed by atoms with Crippen LogP contribution >= 0.6 is 0 Å². The molecular formula is C26H41N3. The van der Waals surface area contributed by atoms with E-state index in [4.69, 9.17) is 0 Å². The Morgan fingerprint density at radius 1 is 1.14 bits per heavy atom. The Morgan fingerprint density at radius 2 is 1.79 bits per heavy atom. The minimum absolute atomic E-state index is 0.186. The number of rotatable bonds is 10. The van der Waals surface area contributed by atoms with Crippen molar-refractivity contribution in [1.29, 1.82) is 0 Å². The quantitative estimate of drug-likeness (QED) is 0.525. The van der Waals surface area contributed by atoms with E-state index in [1.165, 1.54) is 11.1 Å². The highest BCUT2D eigenvalue weighted by Gasteiger charge is 2.35. The van der Waals surface area contributed by atoms with Crippen LogP contribution in [0.4, 0.5) is 0 Å². The average Bonchev–Trinajstić information content (AvgIpc) is 3.07. The zero-order valence-electron chi connectivity index (χ0n) is 19.4. The molecule has 3 heteroatoms. The summed E-state index contributed by atoms with van der Waals surface area (Å²) in [6.45, 7) is 27.3. The Bertz CT molecular complexity index is 733. The minimum atomic E-state index is 0.186. The van der Waals surface area contributed by atoms with Crippen molar-refractivity contribution in [3.8, 4) is 0 Å². The van der Waals surface area contributed by atoms with E-state index in [0.29, 0.717) is 11.8 Å². The molecule has 4 atom stereocenters. The number of hydrogen-bond donors (Lipinski definition) is 2. The summed E-state index contributed by atoms with van der Waals surface area (Å²) in [5.41, 5.74) is 5.97. The predicted molar refractivity (Wildman–Crippen MR) is 127 cm³/mol. The highest BCUT2D eigenvalue weighted by Crippen LogP contribution is 2.33. The molecule has 160 valence electrons. The largest absolute Gasteiger partial charge is 0.381 e. The van der Waals surface area contributed by atoms with Gasteiger partial charge in [0.05, 0.1) is 12.1 Å². The maximum absolute atomic E-state index is 4.50. The van der Waals surface area contributed by atoms with Gasteiger partial charge in [0.25, 0.3) is 0 Å². The third-order valence-corrected chi connectivity index (χ3v) is 6.01. The second-order valence-corrected chi connectivity index (χ2v) is 9.09. The monoisotopic (exact) mass is 395 g/mol. The summed E-state index contributed by atoms with van der Waals surface area (Å²) in [6.07, 6.45) is 2.14. The second-order valence-electron chi connectivity index (χ2n) is 9.09. The molecule has 0 amide bonds. The number of nitrogens with one attached hydrogen (secondary N) is 2. The first-order chi connectivity index (χ1) is 13.6. The topological polar surface area (TPSA) is 27.3 Å². The van der Waals surface area contributed by atoms with Gasteiger partial charge >= 0.3 is 0 Å². The Hall–Kier alpha value is -2.16. The Balaban J connectivity index is 2.17. The Kier molecular flexibility index (Phi) is 8.01. The summed E-state index contributed by atoms with van der Waals surface area (Å²) >= 11 is 0. The van der Waals surface area contributed by atoms with Gasteiger partial charge in [-0.1, -0.05) is 71.7 Å².